The topological polar surface area (TPSA) is 86.8 Å². The Kier molecular flexibility index (Phi) is 9.69. The number of sulfonamides is 1. The van der Waals surface area contributed by atoms with Gasteiger partial charge in [0.1, 0.15) is 12.6 Å². The zero-order chi connectivity index (χ0) is 29.0. The quantitative estimate of drug-likeness (QED) is 0.340. The molecule has 39 heavy (non-hydrogen) atoms. The van der Waals surface area contributed by atoms with Crippen LogP contribution in [0.1, 0.15) is 38.8 Å². The standard InChI is InChI=1S/C29H33Cl2N3O4S/c1-20-11-9-10-12-22(20)18-33(21(2)28(36)32-29(3,4)5)27(35)19-34(26-17-23(30)15-16-25(26)31)39(37,38)24-13-7-6-8-14-24/h6-17,21H,18-19H2,1-5H3,(H,32,36). The minimum absolute atomic E-state index is 0.0159. The van der Waals surface area contributed by atoms with E-state index in [1.165, 1.54) is 35.2 Å². The Hall–Kier alpha value is -3.07. The van der Waals surface area contributed by atoms with Crippen LogP contribution in [0.15, 0.2) is 77.7 Å². The fourth-order valence-corrected chi connectivity index (χ4v) is 5.82. The number of amides is 2. The van der Waals surface area contributed by atoms with Crippen molar-refractivity contribution in [1.82, 2.24) is 10.2 Å². The van der Waals surface area contributed by atoms with Gasteiger partial charge in [0.2, 0.25) is 11.8 Å². The van der Waals surface area contributed by atoms with E-state index < -0.39 is 34.1 Å². The molecule has 3 rings (SSSR count). The number of hydrogen-bond acceptors (Lipinski definition) is 4. The molecule has 0 heterocycles. The summed E-state index contributed by atoms with van der Waals surface area (Å²) in [4.78, 5) is 28.5. The van der Waals surface area contributed by atoms with E-state index in [9.17, 15) is 18.0 Å². The summed E-state index contributed by atoms with van der Waals surface area (Å²) < 4.78 is 28.6. The molecular weight excluding hydrogens is 557 g/mol. The predicted octanol–water partition coefficient (Wildman–Crippen LogP) is 5.83. The van der Waals surface area contributed by atoms with Gasteiger partial charge < -0.3 is 10.2 Å². The molecule has 2 amide bonds. The lowest BCUT2D eigenvalue weighted by Gasteiger charge is -2.34. The molecule has 208 valence electrons. The number of nitrogens with zero attached hydrogens (tertiary/aromatic N) is 2. The number of nitrogens with one attached hydrogen (secondary N) is 1. The Balaban J connectivity index is 2.08. The molecule has 1 unspecified atom stereocenters. The molecule has 10 heteroatoms. The highest BCUT2D eigenvalue weighted by atomic mass is 35.5. The molecule has 0 fully saturated rings. The summed E-state index contributed by atoms with van der Waals surface area (Å²) in [7, 11) is -4.24. The second kappa shape index (κ2) is 12.4. The lowest BCUT2D eigenvalue weighted by molar-refractivity contribution is -0.140. The second-order valence-corrected chi connectivity index (χ2v) is 13.0. The van der Waals surface area contributed by atoms with Gasteiger partial charge in [-0.05, 0) is 76.1 Å². The number of rotatable bonds is 9. The van der Waals surface area contributed by atoms with E-state index in [1.54, 1.807) is 25.1 Å². The molecule has 3 aromatic carbocycles. The summed E-state index contributed by atoms with van der Waals surface area (Å²) in [5, 5.41) is 3.27. The van der Waals surface area contributed by atoms with E-state index in [2.05, 4.69) is 5.32 Å². The van der Waals surface area contributed by atoms with Crippen LogP contribution in [0.25, 0.3) is 0 Å². The largest absolute Gasteiger partial charge is 0.350 e. The number of carbonyl (C=O) groups is 2. The molecule has 0 radical (unpaired) electrons. The third kappa shape index (κ3) is 7.75. The summed E-state index contributed by atoms with van der Waals surface area (Å²) in [6, 6.07) is 18.8. The number of benzene rings is 3. The minimum Gasteiger partial charge on any atom is -0.350 e. The predicted molar refractivity (Wildman–Crippen MR) is 157 cm³/mol. The monoisotopic (exact) mass is 589 g/mol. The van der Waals surface area contributed by atoms with Crippen molar-refractivity contribution < 1.29 is 18.0 Å². The molecule has 0 spiro atoms. The first-order chi connectivity index (χ1) is 18.2. The number of aryl methyl sites for hydroxylation is 1. The van der Waals surface area contributed by atoms with Crippen LogP contribution in [-0.4, -0.2) is 43.3 Å². The van der Waals surface area contributed by atoms with Crippen LogP contribution in [-0.2, 0) is 26.2 Å². The van der Waals surface area contributed by atoms with Gasteiger partial charge in [-0.15, -0.1) is 0 Å². The molecule has 0 aromatic heterocycles. The summed E-state index contributed by atoms with van der Waals surface area (Å²) in [5.41, 5.74) is 1.30. The van der Waals surface area contributed by atoms with Crippen molar-refractivity contribution in [3.63, 3.8) is 0 Å². The highest BCUT2D eigenvalue weighted by Crippen LogP contribution is 2.33. The van der Waals surface area contributed by atoms with Crippen molar-refractivity contribution in [3.05, 3.63) is 94.0 Å². The molecule has 0 saturated carbocycles. The third-order valence-corrected chi connectivity index (χ3v) is 8.38. The Morgan fingerprint density at radius 1 is 0.949 bits per heavy atom. The number of halogens is 2. The van der Waals surface area contributed by atoms with Gasteiger partial charge in [-0.1, -0.05) is 65.7 Å². The van der Waals surface area contributed by atoms with E-state index in [4.69, 9.17) is 23.2 Å². The fraction of sp³-hybridized carbons (Fsp3) is 0.310. The highest BCUT2D eigenvalue weighted by molar-refractivity contribution is 7.92. The van der Waals surface area contributed by atoms with E-state index >= 15 is 0 Å². The van der Waals surface area contributed by atoms with E-state index in [0.29, 0.717) is 0 Å². The van der Waals surface area contributed by atoms with Crippen molar-refractivity contribution >= 4 is 50.7 Å². The zero-order valence-electron chi connectivity index (χ0n) is 22.6. The Morgan fingerprint density at radius 3 is 2.18 bits per heavy atom. The van der Waals surface area contributed by atoms with Crippen molar-refractivity contribution in [2.45, 2.75) is 57.6 Å². The average Bonchev–Trinajstić information content (AvgIpc) is 2.87. The van der Waals surface area contributed by atoms with Gasteiger partial charge in [-0.2, -0.15) is 0 Å². The average molecular weight is 591 g/mol. The summed E-state index contributed by atoms with van der Waals surface area (Å²) >= 11 is 12.6. The number of carbonyl (C=O) groups excluding carboxylic acids is 2. The maximum Gasteiger partial charge on any atom is 0.264 e. The summed E-state index contributed by atoms with van der Waals surface area (Å²) in [5.74, 6) is -0.937. The molecule has 0 aliphatic rings. The Morgan fingerprint density at radius 2 is 1.56 bits per heavy atom. The molecule has 1 N–H and O–H groups in total. The molecule has 0 bridgehead atoms. The Bertz CT molecular complexity index is 1440. The van der Waals surface area contributed by atoms with E-state index in [-0.39, 0.29) is 33.1 Å². The maximum atomic E-state index is 14.0. The van der Waals surface area contributed by atoms with Crippen LogP contribution in [0.2, 0.25) is 10.0 Å². The van der Waals surface area contributed by atoms with E-state index in [1.807, 2.05) is 52.0 Å². The van der Waals surface area contributed by atoms with Crippen LogP contribution in [0.5, 0.6) is 0 Å². The van der Waals surface area contributed by atoms with Gasteiger partial charge in [-0.25, -0.2) is 8.42 Å². The van der Waals surface area contributed by atoms with Crippen molar-refractivity contribution in [2.24, 2.45) is 0 Å². The number of anilines is 1. The van der Waals surface area contributed by atoms with Crippen molar-refractivity contribution in [2.75, 3.05) is 10.8 Å². The fourth-order valence-electron chi connectivity index (χ4n) is 3.94. The zero-order valence-corrected chi connectivity index (χ0v) is 24.9. The molecule has 3 aromatic rings. The molecule has 0 aliphatic heterocycles. The second-order valence-electron chi connectivity index (χ2n) is 10.3. The van der Waals surface area contributed by atoms with Crippen LogP contribution in [0, 0.1) is 6.92 Å². The molecule has 0 saturated heterocycles. The Labute approximate surface area is 240 Å². The molecule has 1 atom stereocenters. The lowest BCUT2D eigenvalue weighted by Crippen LogP contribution is -2.54. The lowest BCUT2D eigenvalue weighted by atomic mass is 10.1. The van der Waals surface area contributed by atoms with Gasteiger partial charge in [0.05, 0.1) is 15.6 Å². The third-order valence-electron chi connectivity index (χ3n) is 6.05. The normalized spacial score (nSPS) is 12.5. The first-order valence-corrected chi connectivity index (χ1v) is 14.6. The molecule has 7 nitrogen and oxygen atoms in total. The van der Waals surface area contributed by atoms with E-state index in [0.717, 1.165) is 15.4 Å². The van der Waals surface area contributed by atoms with Crippen LogP contribution in [0.4, 0.5) is 5.69 Å². The highest BCUT2D eigenvalue weighted by Gasteiger charge is 2.34. The van der Waals surface area contributed by atoms with Gasteiger partial charge in [0.25, 0.3) is 10.0 Å². The van der Waals surface area contributed by atoms with Gasteiger partial charge in [0, 0.05) is 17.1 Å². The first-order valence-electron chi connectivity index (χ1n) is 12.4. The SMILES string of the molecule is Cc1ccccc1CN(C(=O)CN(c1cc(Cl)ccc1Cl)S(=O)(=O)c1ccccc1)C(C)C(=O)NC(C)(C)C. The van der Waals surface area contributed by atoms with Gasteiger partial charge >= 0.3 is 0 Å². The van der Waals surface area contributed by atoms with Crippen molar-refractivity contribution in [3.8, 4) is 0 Å². The number of hydrogen-bond donors (Lipinski definition) is 1. The smallest absolute Gasteiger partial charge is 0.264 e. The van der Waals surface area contributed by atoms with Crippen LogP contribution in [0.3, 0.4) is 0 Å². The van der Waals surface area contributed by atoms with Crippen LogP contribution < -0.4 is 9.62 Å². The van der Waals surface area contributed by atoms with Gasteiger partial charge in [-0.3, -0.25) is 13.9 Å². The van der Waals surface area contributed by atoms with Gasteiger partial charge in [0.15, 0.2) is 0 Å². The van der Waals surface area contributed by atoms with Crippen molar-refractivity contribution in [1.29, 1.82) is 0 Å². The van der Waals surface area contributed by atoms with Crippen LogP contribution >= 0.6 is 23.2 Å². The molecule has 0 aliphatic carbocycles. The first kappa shape index (κ1) is 30.5. The summed E-state index contributed by atoms with van der Waals surface area (Å²) in [6.07, 6.45) is 0. The maximum absolute atomic E-state index is 14.0. The summed E-state index contributed by atoms with van der Waals surface area (Å²) in [6.45, 7) is 8.58. The minimum atomic E-state index is -4.24. The molecular formula is C29H33Cl2N3O4S.